The van der Waals surface area contributed by atoms with Gasteiger partial charge in [-0.1, -0.05) is 12.1 Å². The van der Waals surface area contributed by atoms with E-state index in [0.717, 1.165) is 11.1 Å². The molecule has 0 bridgehead atoms. The first-order valence-corrected chi connectivity index (χ1v) is 4.53. The van der Waals surface area contributed by atoms with E-state index in [2.05, 4.69) is 0 Å². The number of alkyl halides is 1. The van der Waals surface area contributed by atoms with E-state index < -0.39 is 0 Å². The molecule has 0 aliphatic rings. The average Bonchev–Trinajstić information content (AvgIpc) is 2.11. The van der Waals surface area contributed by atoms with E-state index in [1.807, 2.05) is 13.0 Å². The summed E-state index contributed by atoms with van der Waals surface area (Å²) in [6, 6.07) is 5.20. The minimum Gasteiger partial charge on any atom is -0.508 e. The highest BCUT2D eigenvalue weighted by atomic mass is 35.5. The van der Waals surface area contributed by atoms with Crippen molar-refractivity contribution >= 4 is 17.4 Å². The number of aryl methyl sites for hydroxylation is 1. The van der Waals surface area contributed by atoms with E-state index in [9.17, 15) is 9.90 Å². The summed E-state index contributed by atoms with van der Waals surface area (Å²) < 4.78 is 0. The zero-order valence-corrected chi connectivity index (χ0v) is 8.14. The molecule has 0 spiro atoms. The van der Waals surface area contributed by atoms with Gasteiger partial charge in [-0.25, -0.2) is 0 Å². The summed E-state index contributed by atoms with van der Waals surface area (Å²) in [6.45, 7) is 1.81. The highest BCUT2D eigenvalue weighted by Gasteiger charge is 2.03. The third-order valence-electron chi connectivity index (χ3n) is 1.82. The fourth-order valence-electron chi connectivity index (χ4n) is 1.04. The Hall–Kier alpha value is -1.02. The molecule has 0 heterocycles. The van der Waals surface area contributed by atoms with Gasteiger partial charge >= 0.3 is 0 Å². The molecular formula is C10H11ClO2. The van der Waals surface area contributed by atoms with Crippen molar-refractivity contribution in [2.75, 3.05) is 5.88 Å². The smallest absolute Gasteiger partial charge is 0.151 e. The number of hydrogen-bond acceptors (Lipinski definition) is 2. The zero-order valence-electron chi connectivity index (χ0n) is 7.38. The first-order valence-electron chi connectivity index (χ1n) is 3.99. The Labute approximate surface area is 82.2 Å². The van der Waals surface area contributed by atoms with Crippen molar-refractivity contribution in [2.45, 2.75) is 13.3 Å². The van der Waals surface area contributed by atoms with Crippen LogP contribution < -0.4 is 0 Å². The third-order valence-corrected chi connectivity index (χ3v) is 2.12. The summed E-state index contributed by atoms with van der Waals surface area (Å²) in [7, 11) is 0. The van der Waals surface area contributed by atoms with Gasteiger partial charge in [-0.15, -0.1) is 11.6 Å². The SMILES string of the molecule is Cc1ccc(CC(=O)CCl)cc1O. The van der Waals surface area contributed by atoms with Crippen LogP contribution in [0.5, 0.6) is 5.75 Å². The van der Waals surface area contributed by atoms with Crippen molar-refractivity contribution in [3.05, 3.63) is 29.3 Å². The summed E-state index contributed by atoms with van der Waals surface area (Å²) in [5.41, 5.74) is 1.61. The topological polar surface area (TPSA) is 37.3 Å². The van der Waals surface area contributed by atoms with Crippen LogP contribution in [-0.2, 0) is 11.2 Å². The van der Waals surface area contributed by atoms with Crippen LogP contribution in [0.3, 0.4) is 0 Å². The lowest BCUT2D eigenvalue weighted by Crippen LogP contribution is -2.03. The maximum atomic E-state index is 11.0. The van der Waals surface area contributed by atoms with Crippen molar-refractivity contribution in [3.63, 3.8) is 0 Å². The monoisotopic (exact) mass is 198 g/mol. The molecule has 1 aromatic rings. The highest BCUT2D eigenvalue weighted by Crippen LogP contribution is 2.17. The van der Waals surface area contributed by atoms with E-state index >= 15 is 0 Å². The molecule has 1 rings (SSSR count). The van der Waals surface area contributed by atoms with E-state index in [1.54, 1.807) is 12.1 Å². The van der Waals surface area contributed by atoms with Crippen molar-refractivity contribution in [1.82, 2.24) is 0 Å². The van der Waals surface area contributed by atoms with Crippen LogP contribution in [-0.4, -0.2) is 16.8 Å². The number of hydrogen-bond donors (Lipinski definition) is 1. The van der Waals surface area contributed by atoms with Gasteiger partial charge < -0.3 is 5.11 Å². The fourth-order valence-corrected chi connectivity index (χ4v) is 1.13. The van der Waals surface area contributed by atoms with Crippen molar-refractivity contribution in [2.24, 2.45) is 0 Å². The first-order chi connectivity index (χ1) is 6.13. The molecular weight excluding hydrogens is 188 g/mol. The molecule has 0 aliphatic carbocycles. The third kappa shape index (κ3) is 2.74. The summed E-state index contributed by atoms with van der Waals surface area (Å²) in [6.07, 6.45) is 0.289. The number of carbonyl (C=O) groups is 1. The van der Waals surface area contributed by atoms with E-state index in [-0.39, 0.29) is 23.8 Å². The lowest BCUT2D eigenvalue weighted by Gasteiger charge is -2.02. The molecule has 0 amide bonds. The molecule has 0 unspecified atom stereocenters. The van der Waals surface area contributed by atoms with Gasteiger partial charge in [0.25, 0.3) is 0 Å². The van der Waals surface area contributed by atoms with Crippen LogP contribution in [0.1, 0.15) is 11.1 Å². The summed E-state index contributed by atoms with van der Waals surface area (Å²) in [5.74, 6) is 0.207. The highest BCUT2D eigenvalue weighted by molar-refractivity contribution is 6.27. The second kappa shape index (κ2) is 4.28. The maximum Gasteiger partial charge on any atom is 0.151 e. The predicted octanol–water partition coefficient (Wildman–Crippen LogP) is 2.05. The van der Waals surface area contributed by atoms with Gasteiger partial charge in [0.15, 0.2) is 5.78 Å². The second-order valence-electron chi connectivity index (χ2n) is 2.97. The Morgan fingerprint density at radius 1 is 1.54 bits per heavy atom. The minimum absolute atomic E-state index is 0.0225. The maximum absolute atomic E-state index is 11.0. The molecule has 0 saturated carbocycles. The second-order valence-corrected chi connectivity index (χ2v) is 3.24. The van der Waals surface area contributed by atoms with Gasteiger partial charge in [0, 0.05) is 6.42 Å². The van der Waals surface area contributed by atoms with Gasteiger partial charge in [0.2, 0.25) is 0 Å². The molecule has 0 fully saturated rings. The van der Waals surface area contributed by atoms with Crippen molar-refractivity contribution < 1.29 is 9.90 Å². The molecule has 1 aromatic carbocycles. The summed E-state index contributed by atoms with van der Waals surface area (Å²) in [5, 5.41) is 9.34. The summed E-state index contributed by atoms with van der Waals surface area (Å²) in [4.78, 5) is 11.0. The summed E-state index contributed by atoms with van der Waals surface area (Å²) >= 11 is 5.36. The molecule has 0 aromatic heterocycles. The lowest BCUT2D eigenvalue weighted by atomic mass is 10.1. The number of phenolic OH excluding ortho intramolecular Hbond substituents is 1. The molecule has 3 heteroatoms. The van der Waals surface area contributed by atoms with E-state index in [0.29, 0.717) is 0 Å². The number of aromatic hydroxyl groups is 1. The lowest BCUT2D eigenvalue weighted by molar-refractivity contribution is -0.116. The molecule has 0 saturated heterocycles. The predicted molar refractivity (Wildman–Crippen MR) is 52.3 cm³/mol. The average molecular weight is 199 g/mol. The first kappa shape index (κ1) is 10.1. The minimum atomic E-state index is -0.0371. The fraction of sp³-hybridized carbons (Fsp3) is 0.300. The number of halogens is 1. The van der Waals surface area contributed by atoms with Gasteiger partial charge in [-0.05, 0) is 24.1 Å². The molecule has 1 N–H and O–H groups in total. The number of Topliss-reactive ketones (excluding diaryl/α,β-unsaturated/α-hetero) is 1. The Balaban J connectivity index is 2.79. The molecule has 0 aliphatic heterocycles. The number of ketones is 1. The normalized spacial score (nSPS) is 10.0. The van der Waals surface area contributed by atoms with Crippen molar-refractivity contribution in [1.29, 1.82) is 0 Å². The van der Waals surface area contributed by atoms with Gasteiger partial charge in [-0.2, -0.15) is 0 Å². The number of phenols is 1. The number of rotatable bonds is 3. The van der Waals surface area contributed by atoms with Crippen LogP contribution in [0.15, 0.2) is 18.2 Å². The van der Waals surface area contributed by atoms with Gasteiger partial charge in [-0.3, -0.25) is 4.79 Å². The van der Waals surface area contributed by atoms with Crippen molar-refractivity contribution in [3.8, 4) is 5.75 Å². The molecule has 13 heavy (non-hydrogen) atoms. The standard InChI is InChI=1S/C10H11ClO2/c1-7-2-3-8(5-10(7)13)4-9(12)6-11/h2-3,5,13H,4,6H2,1H3. The molecule has 0 atom stereocenters. The van der Waals surface area contributed by atoms with Crippen LogP contribution in [0.2, 0.25) is 0 Å². The Bertz CT molecular complexity index is 321. The van der Waals surface area contributed by atoms with Crippen LogP contribution in [0.4, 0.5) is 0 Å². The van der Waals surface area contributed by atoms with Crippen LogP contribution in [0.25, 0.3) is 0 Å². The van der Waals surface area contributed by atoms with E-state index in [4.69, 9.17) is 11.6 Å². The Kier molecular flexibility index (Phi) is 3.32. The largest absolute Gasteiger partial charge is 0.508 e. The molecule has 0 radical (unpaired) electrons. The van der Waals surface area contributed by atoms with Crippen LogP contribution >= 0.6 is 11.6 Å². The number of carbonyl (C=O) groups excluding carboxylic acids is 1. The van der Waals surface area contributed by atoms with Crippen LogP contribution in [0, 0.1) is 6.92 Å². The number of benzene rings is 1. The molecule has 70 valence electrons. The van der Waals surface area contributed by atoms with Gasteiger partial charge in [0.1, 0.15) is 5.75 Å². The Morgan fingerprint density at radius 2 is 2.23 bits per heavy atom. The van der Waals surface area contributed by atoms with Gasteiger partial charge in [0.05, 0.1) is 5.88 Å². The van der Waals surface area contributed by atoms with E-state index in [1.165, 1.54) is 0 Å². The zero-order chi connectivity index (χ0) is 9.84. The quantitative estimate of drug-likeness (QED) is 0.755. The molecule has 2 nitrogen and oxygen atoms in total. The Morgan fingerprint density at radius 3 is 2.77 bits per heavy atom.